The third-order valence-corrected chi connectivity index (χ3v) is 5.61. The minimum Gasteiger partial charge on any atom is -0.494 e. The second-order valence-corrected chi connectivity index (χ2v) is 8.45. The number of carbonyl (C=O) groups excluding carboxylic acids is 2. The number of ether oxygens (including phenoxy) is 1. The lowest BCUT2D eigenvalue weighted by molar-refractivity contribution is -0.120. The van der Waals surface area contributed by atoms with Crippen molar-refractivity contribution in [3.8, 4) is 5.75 Å². The first-order valence-corrected chi connectivity index (χ1v) is 11.1. The predicted molar refractivity (Wildman–Crippen MR) is 132 cm³/mol. The lowest BCUT2D eigenvalue weighted by atomic mass is 9.97. The molecule has 0 unspecified atom stereocenters. The van der Waals surface area contributed by atoms with E-state index in [9.17, 15) is 9.59 Å². The molecular formula is C28H28N2O3. The van der Waals surface area contributed by atoms with Gasteiger partial charge in [0.25, 0.3) is 11.8 Å². The number of rotatable bonds is 6. The van der Waals surface area contributed by atoms with Gasteiger partial charge in [-0.1, -0.05) is 35.9 Å². The third-order valence-electron chi connectivity index (χ3n) is 5.61. The first kappa shape index (κ1) is 22.3. The van der Waals surface area contributed by atoms with Crippen molar-refractivity contribution in [3.63, 3.8) is 0 Å². The van der Waals surface area contributed by atoms with Gasteiger partial charge in [0, 0.05) is 11.8 Å². The zero-order valence-electron chi connectivity index (χ0n) is 19.7. The van der Waals surface area contributed by atoms with E-state index in [1.54, 1.807) is 18.2 Å². The van der Waals surface area contributed by atoms with Crippen LogP contribution >= 0.6 is 0 Å². The maximum atomic E-state index is 13.7. The second-order valence-electron chi connectivity index (χ2n) is 8.45. The van der Waals surface area contributed by atoms with Crippen molar-refractivity contribution >= 4 is 28.8 Å². The summed E-state index contributed by atoms with van der Waals surface area (Å²) >= 11 is 0. The fourth-order valence-electron chi connectivity index (χ4n) is 4.29. The van der Waals surface area contributed by atoms with Crippen molar-refractivity contribution in [3.05, 3.63) is 94.2 Å². The largest absolute Gasteiger partial charge is 0.494 e. The average molecular weight is 441 g/mol. The number of hydrogen-bond donors (Lipinski definition) is 1. The Hall–Kier alpha value is -3.86. The van der Waals surface area contributed by atoms with Crippen LogP contribution in [0.3, 0.4) is 0 Å². The number of nitrogens with zero attached hydrogens (tertiary/aromatic N) is 1. The molecule has 0 atom stereocenters. The Morgan fingerprint density at radius 3 is 2.21 bits per heavy atom. The van der Waals surface area contributed by atoms with Gasteiger partial charge in [-0.05, 0) is 81.1 Å². The van der Waals surface area contributed by atoms with E-state index in [-0.39, 0.29) is 17.5 Å². The summed E-state index contributed by atoms with van der Waals surface area (Å²) < 4.78 is 5.59. The van der Waals surface area contributed by atoms with Crippen molar-refractivity contribution in [2.24, 2.45) is 0 Å². The van der Waals surface area contributed by atoms with E-state index in [2.05, 4.69) is 11.4 Å². The van der Waals surface area contributed by atoms with Gasteiger partial charge in [0.2, 0.25) is 0 Å². The van der Waals surface area contributed by atoms with E-state index in [1.807, 2.05) is 71.0 Å². The van der Waals surface area contributed by atoms with Crippen molar-refractivity contribution in [2.75, 3.05) is 16.8 Å². The van der Waals surface area contributed by atoms with Gasteiger partial charge in [0.1, 0.15) is 11.4 Å². The molecule has 5 heteroatoms. The van der Waals surface area contributed by atoms with E-state index in [0.29, 0.717) is 23.6 Å². The van der Waals surface area contributed by atoms with Crippen molar-refractivity contribution in [2.45, 2.75) is 34.6 Å². The van der Waals surface area contributed by atoms with Crippen LogP contribution in [0, 0.1) is 27.7 Å². The molecule has 0 bridgehead atoms. The molecule has 3 aromatic rings. The third kappa shape index (κ3) is 4.40. The summed E-state index contributed by atoms with van der Waals surface area (Å²) in [4.78, 5) is 28.6. The number of nitrogens with one attached hydrogen (secondary N) is 1. The lowest BCUT2D eigenvalue weighted by Crippen LogP contribution is -2.32. The van der Waals surface area contributed by atoms with Crippen molar-refractivity contribution in [1.29, 1.82) is 0 Å². The molecule has 1 aliphatic heterocycles. The van der Waals surface area contributed by atoms with E-state index in [4.69, 9.17) is 4.74 Å². The molecule has 4 rings (SSSR count). The maximum absolute atomic E-state index is 13.7. The van der Waals surface area contributed by atoms with E-state index in [0.717, 1.165) is 33.5 Å². The highest BCUT2D eigenvalue weighted by molar-refractivity contribution is 6.46. The van der Waals surface area contributed by atoms with Gasteiger partial charge in [0.05, 0.1) is 17.9 Å². The Bertz CT molecular complexity index is 1270. The van der Waals surface area contributed by atoms with Crippen molar-refractivity contribution in [1.82, 2.24) is 0 Å². The molecule has 3 aromatic carbocycles. The Kier molecular flexibility index (Phi) is 6.05. The second kappa shape index (κ2) is 8.94. The molecule has 1 aliphatic rings. The molecule has 1 heterocycles. The Morgan fingerprint density at radius 2 is 1.55 bits per heavy atom. The molecule has 5 nitrogen and oxygen atoms in total. The van der Waals surface area contributed by atoms with Gasteiger partial charge in [-0.2, -0.15) is 0 Å². The molecule has 0 spiro atoms. The summed E-state index contributed by atoms with van der Waals surface area (Å²) in [5, 5.41) is 3.27. The van der Waals surface area contributed by atoms with Crippen LogP contribution in [0.25, 0.3) is 5.57 Å². The van der Waals surface area contributed by atoms with Gasteiger partial charge in [0.15, 0.2) is 0 Å². The zero-order chi connectivity index (χ0) is 23.7. The van der Waals surface area contributed by atoms with Crippen LogP contribution in [0.2, 0.25) is 0 Å². The Labute approximate surface area is 194 Å². The number of anilines is 2. The first-order chi connectivity index (χ1) is 15.8. The molecule has 33 heavy (non-hydrogen) atoms. The number of carbonyl (C=O) groups is 2. The van der Waals surface area contributed by atoms with Crippen LogP contribution in [0.15, 0.2) is 66.4 Å². The van der Waals surface area contributed by atoms with Gasteiger partial charge in [-0.15, -0.1) is 0 Å². The van der Waals surface area contributed by atoms with Crippen molar-refractivity contribution < 1.29 is 14.3 Å². The van der Waals surface area contributed by atoms with Crippen LogP contribution in [0.4, 0.5) is 11.4 Å². The molecular weight excluding hydrogens is 412 g/mol. The fourth-order valence-corrected chi connectivity index (χ4v) is 4.29. The minimum absolute atomic E-state index is 0.277. The number of imide groups is 1. The smallest absolute Gasteiger partial charge is 0.282 e. The van der Waals surface area contributed by atoms with Crippen LogP contribution in [-0.2, 0) is 9.59 Å². The monoisotopic (exact) mass is 440 g/mol. The highest BCUT2D eigenvalue weighted by Crippen LogP contribution is 2.36. The molecule has 0 saturated carbocycles. The quantitative estimate of drug-likeness (QED) is 0.499. The SMILES string of the molecule is CCOc1cccc(N2C(=O)C(Nc3cc(C)cc(C)c3)=C(c3ccc(C)cc3C)C2=O)c1. The van der Waals surface area contributed by atoms with Gasteiger partial charge in [-0.25, -0.2) is 4.90 Å². The summed E-state index contributed by atoms with van der Waals surface area (Å²) in [5.74, 6) is -0.130. The van der Waals surface area contributed by atoms with Crippen LogP contribution < -0.4 is 15.0 Å². The number of aryl methyl sites for hydroxylation is 4. The number of benzene rings is 3. The highest BCUT2D eigenvalue weighted by Gasteiger charge is 2.41. The standard InChI is InChI=1S/C28H28N2O3/c1-6-33-23-9-7-8-22(16-23)30-27(31)25(24-11-10-17(2)13-20(24)5)26(28(30)32)29-21-14-18(3)12-19(4)15-21/h7-16,29H,6H2,1-5H3. The summed E-state index contributed by atoms with van der Waals surface area (Å²) in [6.07, 6.45) is 0. The lowest BCUT2D eigenvalue weighted by Gasteiger charge is -2.17. The molecule has 0 saturated heterocycles. The van der Waals surface area contributed by atoms with Gasteiger partial charge < -0.3 is 10.1 Å². The van der Waals surface area contributed by atoms with Crippen LogP contribution in [0.1, 0.15) is 34.7 Å². The normalized spacial score (nSPS) is 13.7. The molecule has 2 amide bonds. The molecule has 0 fully saturated rings. The topological polar surface area (TPSA) is 58.6 Å². The molecule has 0 aromatic heterocycles. The maximum Gasteiger partial charge on any atom is 0.282 e. The highest BCUT2D eigenvalue weighted by atomic mass is 16.5. The molecule has 168 valence electrons. The Balaban J connectivity index is 1.85. The summed E-state index contributed by atoms with van der Waals surface area (Å²) in [7, 11) is 0. The van der Waals surface area contributed by atoms with E-state index in [1.165, 1.54) is 4.90 Å². The first-order valence-electron chi connectivity index (χ1n) is 11.1. The number of amides is 2. The zero-order valence-corrected chi connectivity index (χ0v) is 19.7. The molecule has 0 aliphatic carbocycles. The van der Waals surface area contributed by atoms with Gasteiger partial charge in [-0.3, -0.25) is 9.59 Å². The summed E-state index contributed by atoms with van der Waals surface area (Å²) in [6, 6.07) is 19.0. The van der Waals surface area contributed by atoms with Gasteiger partial charge >= 0.3 is 0 Å². The average Bonchev–Trinajstić information content (AvgIpc) is 2.97. The van der Waals surface area contributed by atoms with E-state index >= 15 is 0 Å². The predicted octanol–water partition coefficient (Wildman–Crippen LogP) is 5.72. The molecule has 1 N–H and O–H groups in total. The minimum atomic E-state index is -0.386. The summed E-state index contributed by atoms with van der Waals surface area (Å²) in [6.45, 7) is 10.4. The Morgan fingerprint density at radius 1 is 0.818 bits per heavy atom. The summed E-state index contributed by atoms with van der Waals surface area (Å²) in [5.41, 5.74) is 6.83. The van der Waals surface area contributed by atoms with Crippen LogP contribution in [0.5, 0.6) is 5.75 Å². The molecule has 0 radical (unpaired) electrons. The van der Waals surface area contributed by atoms with E-state index < -0.39 is 0 Å². The van der Waals surface area contributed by atoms with Crippen LogP contribution in [-0.4, -0.2) is 18.4 Å². The fraction of sp³-hybridized carbons (Fsp3) is 0.214. The number of hydrogen-bond acceptors (Lipinski definition) is 4.